The lowest BCUT2D eigenvalue weighted by Gasteiger charge is -2.07. The van der Waals surface area contributed by atoms with Crippen LogP contribution in [0.5, 0.6) is 11.6 Å². The SMILES string of the molecule is CNCc1cccc(Oc2ccc(Cl)c(F)c2)n1. The Kier molecular flexibility index (Phi) is 4.12. The molecule has 0 radical (unpaired) electrons. The molecular weight excluding hydrogens is 255 g/mol. The Morgan fingerprint density at radius 3 is 2.89 bits per heavy atom. The van der Waals surface area contributed by atoms with Gasteiger partial charge in [0.05, 0.1) is 10.7 Å². The first-order valence-electron chi connectivity index (χ1n) is 5.42. The molecule has 0 spiro atoms. The molecule has 0 saturated carbocycles. The van der Waals surface area contributed by atoms with Crippen molar-refractivity contribution in [3.8, 4) is 11.6 Å². The van der Waals surface area contributed by atoms with Crippen molar-refractivity contribution in [2.24, 2.45) is 0 Å². The summed E-state index contributed by atoms with van der Waals surface area (Å²) in [5.74, 6) is 0.274. The maximum atomic E-state index is 13.2. The molecule has 2 rings (SSSR count). The van der Waals surface area contributed by atoms with E-state index < -0.39 is 5.82 Å². The quantitative estimate of drug-likeness (QED) is 0.921. The lowest BCUT2D eigenvalue weighted by molar-refractivity contribution is 0.455. The first-order chi connectivity index (χ1) is 8.69. The molecular formula is C13H12ClFN2O. The van der Waals surface area contributed by atoms with E-state index in [1.165, 1.54) is 12.1 Å². The third-order valence-corrected chi connectivity index (χ3v) is 2.56. The Bertz CT molecular complexity index is 548. The largest absolute Gasteiger partial charge is 0.439 e. The van der Waals surface area contributed by atoms with Gasteiger partial charge in [0.2, 0.25) is 5.88 Å². The monoisotopic (exact) mass is 266 g/mol. The second-order valence-corrected chi connectivity index (χ2v) is 4.08. The Morgan fingerprint density at radius 1 is 1.33 bits per heavy atom. The average molecular weight is 267 g/mol. The predicted molar refractivity (Wildman–Crippen MR) is 68.5 cm³/mol. The van der Waals surface area contributed by atoms with Crippen LogP contribution in [0.25, 0.3) is 0 Å². The number of pyridine rings is 1. The highest BCUT2D eigenvalue weighted by atomic mass is 35.5. The Hall–Kier alpha value is -1.65. The zero-order valence-corrected chi connectivity index (χ0v) is 10.5. The van der Waals surface area contributed by atoms with Crippen molar-refractivity contribution in [1.82, 2.24) is 10.3 Å². The number of aromatic nitrogens is 1. The van der Waals surface area contributed by atoms with Gasteiger partial charge in [-0.3, -0.25) is 0 Å². The summed E-state index contributed by atoms with van der Waals surface area (Å²) in [5.41, 5.74) is 0.851. The fourth-order valence-electron chi connectivity index (χ4n) is 1.46. The van der Waals surface area contributed by atoms with Gasteiger partial charge in [-0.1, -0.05) is 17.7 Å². The van der Waals surface area contributed by atoms with Gasteiger partial charge in [0.1, 0.15) is 11.6 Å². The Labute approximate surface area is 110 Å². The second kappa shape index (κ2) is 5.80. The molecule has 0 bridgehead atoms. The summed E-state index contributed by atoms with van der Waals surface area (Å²) in [7, 11) is 1.84. The van der Waals surface area contributed by atoms with E-state index >= 15 is 0 Å². The molecule has 2 aromatic rings. The minimum atomic E-state index is -0.513. The molecule has 5 heteroatoms. The van der Waals surface area contributed by atoms with E-state index in [4.69, 9.17) is 16.3 Å². The molecule has 94 valence electrons. The smallest absolute Gasteiger partial charge is 0.219 e. The minimum absolute atomic E-state index is 0.0687. The lowest BCUT2D eigenvalue weighted by atomic mass is 10.3. The third kappa shape index (κ3) is 3.18. The molecule has 0 aliphatic heterocycles. The summed E-state index contributed by atoms with van der Waals surface area (Å²) >= 11 is 5.60. The molecule has 1 aromatic heterocycles. The van der Waals surface area contributed by atoms with Crippen LogP contribution in [0.1, 0.15) is 5.69 Å². The highest BCUT2D eigenvalue weighted by molar-refractivity contribution is 6.30. The van der Waals surface area contributed by atoms with E-state index in [-0.39, 0.29) is 5.02 Å². The predicted octanol–water partition coefficient (Wildman–Crippen LogP) is 3.39. The van der Waals surface area contributed by atoms with Crippen LogP contribution in [-0.4, -0.2) is 12.0 Å². The van der Waals surface area contributed by atoms with E-state index in [1.807, 2.05) is 19.2 Å². The van der Waals surface area contributed by atoms with Crippen molar-refractivity contribution in [2.45, 2.75) is 6.54 Å². The Balaban J connectivity index is 2.17. The molecule has 1 heterocycles. The number of ether oxygens (including phenoxy) is 1. The highest BCUT2D eigenvalue weighted by Crippen LogP contribution is 2.24. The first-order valence-corrected chi connectivity index (χ1v) is 5.80. The maximum Gasteiger partial charge on any atom is 0.219 e. The summed E-state index contributed by atoms with van der Waals surface area (Å²) in [4.78, 5) is 4.27. The number of hydrogen-bond donors (Lipinski definition) is 1. The van der Waals surface area contributed by atoms with Gasteiger partial charge in [-0.2, -0.15) is 0 Å². The summed E-state index contributed by atoms with van der Waals surface area (Å²) in [6, 6.07) is 9.70. The number of benzene rings is 1. The zero-order valence-electron chi connectivity index (χ0n) is 9.78. The van der Waals surface area contributed by atoms with Gasteiger partial charge in [0.15, 0.2) is 0 Å². The van der Waals surface area contributed by atoms with Gasteiger partial charge in [-0.15, -0.1) is 0 Å². The minimum Gasteiger partial charge on any atom is -0.439 e. The van der Waals surface area contributed by atoms with Crippen LogP contribution in [0.2, 0.25) is 5.02 Å². The zero-order chi connectivity index (χ0) is 13.0. The molecule has 18 heavy (non-hydrogen) atoms. The molecule has 0 unspecified atom stereocenters. The van der Waals surface area contributed by atoms with E-state index in [0.717, 1.165) is 5.69 Å². The van der Waals surface area contributed by atoms with Gasteiger partial charge >= 0.3 is 0 Å². The van der Waals surface area contributed by atoms with E-state index in [1.54, 1.807) is 12.1 Å². The number of nitrogens with zero attached hydrogens (tertiary/aromatic N) is 1. The summed E-state index contributed by atoms with van der Waals surface area (Å²) in [6.45, 7) is 0.645. The number of halogens is 2. The van der Waals surface area contributed by atoms with Crippen molar-refractivity contribution in [1.29, 1.82) is 0 Å². The van der Waals surface area contributed by atoms with Crippen molar-refractivity contribution < 1.29 is 9.13 Å². The molecule has 1 aromatic carbocycles. The van der Waals surface area contributed by atoms with Crippen LogP contribution < -0.4 is 10.1 Å². The fourth-order valence-corrected chi connectivity index (χ4v) is 1.57. The van der Waals surface area contributed by atoms with Gasteiger partial charge in [-0.25, -0.2) is 9.37 Å². The Morgan fingerprint density at radius 2 is 2.17 bits per heavy atom. The molecule has 0 aliphatic rings. The number of rotatable bonds is 4. The molecule has 0 amide bonds. The summed E-state index contributed by atoms with van der Waals surface area (Å²) in [5, 5.41) is 3.06. The average Bonchev–Trinajstić information content (AvgIpc) is 2.35. The van der Waals surface area contributed by atoms with Crippen molar-refractivity contribution in [3.63, 3.8) is 0 Å². The lowest BCUT2D eigenvalue weighted by Crippen LogP contribution is -2.06. The number of nitrogens with one attached hydrogen (secondary N) is 1. The molecule has 1 N–H and O–H groups in total. The van der Waals surface area contributed by atoms with E-state index in [9.17, 15) is 4.39 Å². The molecule has 0 saturated heterocycles. The van der Waals surface area contributed by atoms with Crippen molar-refractivity contribution in [2.75, 3.05) is 7.05 Å². The van der Waals surface area contributed by atoms with Crippen LogP contribution in [0.4, 0.5) is 4.39 Å². The van der Waals surface area contributed by atoms with Crippen LogP contribution in [-0.2, 0) is 6.54 Å². The summed E-state index contributed by atoms with van der Waals surface area (Å²) < 4.78 is 18.7. The van der Waals surface area contributed by atoms with Gasteiger partial charge in [-0.05, 0) is 25.2 Å². The summed E-state index contributed by atoms with van der Waals surface area (Å²) in [6.07, 6.45) is 0. The van der Waals surface area contributed by atoms with Crippen molar-refractivity contribution in [3.05, 3.63) is 52.9 Å². The van der Waals surface area contributed by atoms with E-state index in [2.05, 4.69) is 10.3 Å². The fraction of sp³-hybridized carbons (Fsp3) is 0.154. The molecule has 3 nitrogen and oxygen atoms in total. The normalized spacial score (nSPS) is 10.4. The second-order valence-electron chi connectivity index (χ2n) is 3.68. The maximum absolute atomic E-state index is 13.2. The van der Waals surface area contributed by atoms with Crippen LogP contribution >= 0.6 is 11.6 Å². The molecule has 0 atom stereocenters. The van der Waals surface area contributed by atoms with Gasteiger partial charge < -0.3 is 10.1 Å². The number of hydrogen-bond acceptors (Lipinski definition) is 3. The van der Waals surface area contributed by atoms with Crippen LogP contribution in [0.15, 0.2) is 36.4 Å². The highest BCUT2D eigenvalue weighted by Gasteiger charge is 2.04. The van der Waals surface area contributed by atoms with Crippen molar-refractivity contribution >= 4 is 11.6 Å². The standard InChI is InChI=1S/C13H12ClFN2O/c1-16-8-9-3-2-4-13(17-9)18-10-5-6-11(14)12(15)7-10/h2-7,16H,8H2,1H3. The molecule has 0 fully saturated rings. The van der Waals surface area contributed by atoms with Gasteiger partial charge in [0.25, 0.3) is 0 Å². The third-order valence-electron chi connectivity index (χ3n) is 2.25. The van der Waals surface area contributed by atoms with E-state index in [0.29, 0.717) is 18.2 Å². The topological polar surface area (TPSA) is 34.1 Å². The first kappa shape index (κ1) is 12.8. The van der Waals surface area contributed by atoms with Crippen LogP contribution in [0, 0.1) is 5.82 Å². The van der Waals surface area contributed by atoms with Gasteiger partial charge in [0, 0.05) is 18.7 Å². The van der Waals surface area contributed by atoms with Crippen LogP contribution in [0.3, 0.4) is 0 Å². The molecule has 0 aliphatic carbocycles.